The zero-order valence-corrected chi connectivity index (χ0v) is 15.5. The van der Waals surface area contributed by atoms with E-state index in [0.717, 1.165) is 47.9 Å². The lowest BCUT2D eigenvalue weighted by Crippen LogP contribution is -2.37. The molecule has 0 saturated carbocycles. The lowest BCUT2D eigenvalue weighted by atomic mass is 10.0. The number of imidazole rings is 1. The molecule has 2 aromatic heterocycles. The van der Waals surface area contributed by atoms with Gasteiger partial charge < -0.3 is 9.88 Å². The van der Waals surface area contributed by atoms with Crippen molar-refractivity contribution in [3.63, 3.8) is 0 Å². The van der Waals surface area contributed by atoms with E-state index in [1.165, 1.54) is 5.69 Å². The van der Waals surface area contributed by atoms with Gasteiger partial charge in [-0.2, -0.15) is 0 Å². The van der Waals surface area contributed by atoms with Gasteiger partial charge in [-0.15, -0.1) is 0 Å². The maximum atomic E-state index is 12.5. The molecular formula is C21H19ClN4O. The molecule has 27 heavy (non-hydrogen) atoms. The maximum Gasteiger partial charge on any atom is 0.326 e. The van der Waals surface area contributed by atoms with E-state index in [1.54, 1.807) is 0 Å². The second kappa shape index (κ2) is 6.43. The standard InChI is InChI=1S/C21H19ClN4O/c22-14-5-6-16-18(13-14)23-10-7-19(16)25-11-8-15(9-12-25)26-20-4-2-1-3-17(20)24-21(26)27/h1-7,10,13,15H,8-9,11-12H2,(H,24,27). The summed E-state index contributed by atoms with van der Waals surface area (Å²) < 4.78 is 1.93. The molecular weight excluding hydrogens is 360 g/mol. The highest BCUT2D eigenvalue weighted by atomic mass is 35.5. The van der Waals surface area contributed by atoms with Crippen LogP contribution in [-0.2, 0) is 0 Å². The molecule has 5 rings (SSSR count). The fraction of sp³-hybridized carbons (Fsp3) is 0.238. The van der Waals surface area contributed by atoms with Crippen LogP contribution in [0.5, 0.6) is 0 Å². The second-order valence-electron chi connectivity index (χ2n) is 7.03. The number of aromatic nitrogens is 3. The van der Waals surface area contributed by atoms with Gasteiger partial charge in [0.05, 0.1) is 16.6 Å². The van der Waals surface area contributed by atoms with Gasteiger partial charge >= 0.3 is 5.69 Å². The van der Waals surface area contributed by atoms with Crippen molar-refractivity contribution < 1.29 is 0 Å². The Morgan fingerprint density at radius 1 is 1.07 bits per heavy atom. The number of nitrogens with zero attached hydrogens (tertiary/aromatic N) is 3. The number of H-pyrrole nitrogens is 1. The van der Waals surface area contributed by atoms with Gasteiger partial charge in [0.15, 0.2) is 0 Å². The van der Waals surface area contributed by atoms with E-state index in [1.807, 2.05) is 53.2 Å². The smallest absolute Gasteiger partial charge is 0.326 e. The van der Waals surface area contributed by atoms with Gasteiger partial charge in [-0.3, -0.25) is 9.55 Å². The molecule has 1 saturated heterocycles. The van der Waals surface area contributed by atoms with Crippen molar-refractivity contribution in [2.75, 3.05) is 18.0 Å². The Hall–Kier alpha value is -2.79. The van der Waals surface area contributed by atoms with Gasteiger partial charge in [0, 0.05) is 41.4 Å². The predicted octanol–water partition coefficient (Wildman–Crippen LogP) is 4.37. The molecule has 4 aromatic rings. The SMILES string of the molecule is O=c1[nH]c2ccccc2n1C1CCN(c2ccnc3cc(Cl)ccc23)CC1. The minimum atomic E-state index is -0.0151. The molecule has 1 fully saturated rings. The molecule has 0 spiro atoms. The van der Waals surface area contributed by atoms with Gasteiger partial charge in [-0.05, 0) is 49.2 Å². The average Bonchev–Trinajstić information content (AvgIpc) is 3.03. The fourth-order valence-corrected chi connectivity index (χ4v) is 4.35. The third-order valence-electron chi connectivity index (χ3n) is 5.48. The second-order valence-corrected chi connectivity index (χ2v) is 7.46. The van der Waals surface area contributed by atoms with Crippen molar-refractivity contribution in [1.29, 1.82) is 0 Å². The van der Waals surface area contributed by atoms with E-state index in [2.05, 4.69) is 20.9 Å². The monoisotopic (exact) mass is 378 g/mol. The topological polar surface area (TPSA) is 53.9 Å². The van der Waals surface area contributed by atoms with Crippen LogP contribution in [0.2, 0.25) is 5.02 Å². The van der Waals surface area contributed by atoms with Gasteiger partial charge in [0.1, 0.15) is 0 Å². The zero-order valence-electron chi connectivity index (χ0n) is 14.7. The minimum Gasteiger partial charge on any atom is -0.371 e. The van der Waals surface area contributed by atoms with Crippen molar-refractivity contribution in [2.24, 2.45) is 0 Å². The van der Waals surface area contributed by atoms with Crippen LogP contribution < -0.4 is 10.6 Å². The largest absolute Gasteiger partial charge is 0.371 e. The summed E-state index contributed by atoms with van der Waals surface area (Å²) in [6.45, 7) is 1.80. The summed E-state index contributed by atoms with van der Waals surface area (Å²) in [6.07, 6.45) is 3.70. The lowest BCUT2D eigenvalue weighted by molar-refractivity contribution is 0.397. The van der Waals surface area contributed by atoms with Gasteiger partial charge in [-0.25, -0.2) is 4.79 Å². The van der Waals surface area contributed by atoms with Gasteiger partial charge in [-0.1, -0.05) is 23.7 Å². The number of hydrogen-bond donors (Lipinski definition) is 1. The maximum absolute atomic E-state index is 12.5. The number of rotatable bonds is 2. The van der Waals surface area contributed by atoms with Crippen LogP contribution in [0.25, 0.3) is 21.9 Å². The molecule has 0 atom stereocenters. The Bertz CT molecular complexity index is 1190. The number of piperidine rings is 1. The quantitative estimate of drug-likeness (QED) is 0.563. The number of pyridine rings is 1. The Morgan fingerprint density at radius 3 is 2.74 bits per heavy atom. The molecule has 2 aromatic carbocycles. The first kappa shape index (κ1) is 16.4. The number of hydrogen-bond acceptors (Lipinski definition) is 3. The Labute approximate surface area is 161 Å². The van der Waals surface area contributed by atoms with E-state index in [-0.39, 0.29) is 11.7 Å². The molecule has 0 bridgehead atoms. The third kappa shape index (κ3) is 2.79. The Morgan fingerprint density at radius 2 is 1.89 bits per heavy atom. The summed E-state index contributed by atoms with van der Waals surface area (Å²) in [5.74, 6) is 0. The Balaban J connectivity index is 1.44. The van der Waals surface area contributed by atoms with Crippen molar-refractivity contribution in [3.05, 3.63) is 70.2 Å². The van der Waals surface area contributed by atoms with Crippen molar-refractivity contribution >= 4 is 39.2 Å². The molecule has 0 amide bonds. The lowest BCUT2D eigenvalue weighted by Gasteiger charge is -2.34. The molecule has 0 unspecified atom stereocenters. The molecule has 3 heterocycles. The number of nitrogens with one attached hydrogen (secondary N) is 1. The van der Waals surface area contributed by atoms with Crippen molar-refractivity contribution in [2.45, 2.75) is 18.9 Å². The van der Waals surface area contributed by atoms with E-state index in [4.69, 9.17) is 11.6 Å². The van der Waals surface area contributed by atoms with Gasteiger partial charge in [0.2, 0.25) is 0 Å². The fourth-order valence-electron chi connectivity index (χ4n) is 4.18. The number of halogens is 1. The van der Waals surface area contributed by atoms with Crippen molar-refractivity contribution in [3.8, 4) is 0 Å². The van der Waals surface area contributed by atoms with E-state index in [9.17, 15) is 4.79 Å². The average molecular weight is 379 g/mol. The van der Waals surface area contributed by atoms with Crippen LogP contribution in [0.4, 0.5) is 5.69 Å². The van der Waals surface area contributed by atoms with E-state index >= 15 is 0 Å². The van der Waals surface area contributed by atoms with Crippen LogP contribution >= 0.6 is 11.6 Å². The molecule has 1 N–H and O–H groups in total. The summed E-state index contributed by atoms with van der Waals surface area (Å²) in [5.41, 5.74) is 3.97. The Kier molecular flexibility index (Phi) is 3.90. The summed E-state index contributed by atoms with van der Waals surface area (Å²) in [7, 11) is 0. The molecule has 136 valence electrons. The predicted molar refractivity (Wildman–Crippen MR) is 110 cm³/mol. The summed E-state index contributed by atoms with van der Waals surface area (Å²) >= 11 is 6.11. The first-order valence-electron chi connectivity index (χ1n) is 9.19. The summed E-state index contributed by atoms with van der Waals surface area (Å²) in [6, 6.07) is 16.0. The normalized spacial score (nSPS) is 15.7. The number of benzene rings is 2. The highest BCUT2D eigenvalue weighted by molar-refractivity contribution is 6.31. The zero-order chi connectivity index (χ0) is 18.4. The minimum absolute atomic E-state index is 0.0151. The van der Waals surface area contributed by atoms with Crippen LogP contribution in [0.3, 0.4) is 0 Å². The molecule has 6 heteroatoms. The van der Waals surface area contributed by atoms with Crippen LogP contribution in [0.1, 0.15) is 18.9 Å². The first-order valence-corrected chi connectivity index (χ1v) is 9.57. The summed E-state index contributed by atoms with van der Waals surface area (Å²) in [5, 5.41) is 1.81. The molecule has 5 nitrogen and oxygen atoms in total. The summed E-state index contributed by atoms with van der Waals surface area (Å²) in [4.78, 5) is 22.3. The van der Waals surface area contributed by atoms with Crippen LogP contribution in [0.15, 0.2) is 59.5 Å². The highest BCUT2D eigenvalue weighted by Crippen LogP contribution is 2.32. The molecule has 1 aliphatic heterocycles. The van der Waals surface area contributed by atoms with Crippen LogP contribution in [-0.4, -0.2) is 27.6 Å². The van der Waals surface area contributed by atoms with E-state index < -0.39 is 0 Å². The first-order chi connectivity index (χ1) is 13.2. The number of anilines is 1. The van der Waals surface area contributed by atoms with Gasteiger partial charge in [0.25, 0.3) is 0 Å². The van der Waals surface area contributed by atoms with Crippen LogP contribution in [0, 0.1) is 0 Å². The highest BCUT2D eigenvalue weighted by Gasteiger charge is 2.24. The number of aromatic amines is 1. The molecule has 0 aliphatic carbocycles. The van der Waals surface area contributed by atoms with E-state index in [0.29, 0.717) is 5.02 Å². The molecule has 1 aliphatic rings. The molecule has 0 radical (unpaired) electrons. The number of fused-ring (bicyclic) bond motifs is 2. The number of para-hydroxylation sites is 2. The third-order valence-corrected chi connectivity index (χ3v) is 5.71. The van der Waals surface area contributed by atoms with Crippen molar-refractivity contribution in [1.82, 2.24) is 14.5 Å².